The summed E-state index contributed by atoms with van der Waals surface area (Å²) in [7, 11) is 0. The molecule has 2 aromatic rings. The predicted octanol–water partition coefficient (Wildman–Crippen LogP) is 2.05. The van der Waals surface area contributed by atoms with Crippen LogP contribution in [-0.4, -0.2) is 10.6 Å². The summed E-state index contributed by atoms with van der Waals surface area (Å²) in [6, 6.07) is 7.38. The van der Waals surface area contributed by atoms with Crippen LogP contribution < -0.4 is 5.73 Å². The van der Waals surface area contributed by atoms with Crippen molar-refractivity contribution in [3.05, 3.63) is 35.8 Å². The Morgan fingerprint density at radius 1 is 1.40 bits per heavy atom. The first-order valence-corrected chi connectivity index (χ1v) is 5.28. The van der Waals surface area contributed by atoms with E-state index >= 15 is 0 Å². The highest BCUT2D eigenvalue weighted by Gasteiger charge is 2.18. The molecule has 0 saturated heterocycles. The molecule has 1 aromatic heterocycles. The number of aryl methyl sites for hydroxylation is 1. The maximum Gasteiger partial charge on any atom is 0.132 e. The number of hydrogen-bond acceptors (Lipinski definition) is 1. The van der Waals surface area contributed by atoms with Gasteiger partial charge in [-0.1, -0.05) is 6.07 Å². The van der Waals surface area contributed by atoms with Crippen molar-refractivity contribution in [2.75, 3.05) is 0 Å². The monoisotopic (exact) mass is 204 g/mol. The minimum Gasteiger partial charge on any atom is -0.343 e. The third kappa shape index (κ3) is 1.27. The smallest absolute Gasteiger partial charge is 0.132 e. The third-order valence-electron chi connectivity index (χ3n) is 3.17. The average Bonchev–Trinajstić information content (AvgIpc) is 2.58. The van der Waals surface area contributed by atoms with Gasteiger partial charge in [0.15, 0.2) is 0 Å². The van der Waals surface area contributed by atoms with Gasteiger partial charge in [-0.05, 0) is 31.0 Å². The lowest BCUT2D eigenvalue weighted by atomic mass is 10.1. The van der Waals surface area contributed by atoms with Gasteiger partial charge in [-0.3, -0.25) is 0 Å². The van der Waals surface area contributed by atoms with E-state index in [1.807, 2.05) is 12.1 Å². The van der Waals surface area contributed by atoms with Gasteiger partial charge < -0.3 is 10.3 Å². The van der Waals surface area contributed by atoms with Crippen molar-refractivity contribution in [3.63, 3.8) is 0 Å². The van der Waals surface area contributed by atoms with E-state index in [4.69, 9.17) is 5.73 Å². The minimum atomic E-state index is -0.136. The molecule has 1 aliphatic heterocycles. The molecular formula is C12H13FN2. The second-order valence-corrected chi connectivity index (χ2v) is 4.22. The Kier molecular flexibility index (Phi) is 1.83. The molecule has 2 N–H and O–H groups in total. The van der Waals surface area contributed by atoms with E-state index in [2.05, 4.69) is 4.57 Å². The summed E-state index contributed by atoms with van der Waals surface area (Å²) >= 11 is 0. The number of nitrogens with zero attached hydrogens (tertiary/aromatic N) is 1. The van der Waals surface area contributed by atoms with Crippen molar-refractivity contribution >= 4 is 10.9 Å². The first-order chi connectivity index (χ1) is 7.25. The van der Waals surface area contributed by atoms with Gasteiger partial charge in [0.25, 0.3) is 0 Å². The van der Waals surface area contributed by atoms with E-state index < -0.39 is 0 Å². The second-order valence-electron chi connectivity index (χ2n) is 4.22. The highest BCUT2D eigenvalue weighted by atomic mass is 19.1. The number of nitrogens with two attached hydrogens (primary N) is 1. The van der Waals surface area contributed by atoms with E-state index in [-0.39, 0.29) is 11.9 Å². The lowest BCUT2D eigenvalue weighted by molar-refractivity contribution is 0.470. The second kappa shape index (κ2) is 3.07. The molecule has 1 unspecified atom stereocenters. The largest absolute Gasteiger partial charge is 0.343 e. The Labute approximate surface area is 87.5 Å². The van der Waals surface area contributed by atoms with Crippen molar-refractivity contribution in [2.45, 2.75) is 25.4 Å². The summed E-state index contributed by atoms with van der Waals surface area (Å²) in [6.45, 7) is 0.808. The Bertz CT molecular complexity index is 516. The molecule has 1 atom stereocenters. The fourth-order valence-corrected chi connectivity index (χ4v) is 2.38. The highest BCUT2D eigenvalue weighted by molar-refractivity contribution is 5.82. The van der Waals surface area contributed by atoms with E-state index in [0.717, 1.165) is 30.3 Å². The van der Waals surface area contributed by atoms with Crippen LogP contribution in [0, 0.1) is 5.82 Å². The van der Waals surface area contributed by atoms with Crippen molar-refractivity contribution < 1.29 is 4.39 Å². The van der Waals surface area contributed by atoms with Crippen LogP contribution in [-0.2, 0) is 13.0 Å². The summed E-state index contributed by atoms with van der Waals surface area (Å²) < 4.78 is 15.7. The molecule has 0 saturated carbocycles. The molecule has 0 amide bonds. The van der Waals surface area contributed by atoms with Gasteiger partial charge in [-0.25, -0.2) is 4.39 Å². The van der Waals surface area contributed by atoms with E-state index in [9.17, 15) is 4.39 Å². The Hall–Kier alpha value is -1.35. The average molecular weight is 204 g/mol. The summed E-state index contributed by atoms with van der Waals surface area (Å²) in [4.78, 5) is 0. The molecule has 0 bridgehead atoms. The van der Waals surface area contributed by atoms with Crippen LogP contribution in [0.4, 0.5) is 4.39 Å². The zero-order chi connectivity index (χ0) is 10.4. The molecule has 0 spiro atoms. The molecule has 0 aliphatic carbocycles. The molecule has 1 aromatic carbocycles. The standard InChI is InChI=1S/C12H13FN2/c13-11-2-1-3-12-10(11)6-9-5-4-8(14)7-15(9)12/h1-3,6,8H,4-5,7,14H2. The zero-order valence-corrected chi connectivity index (χ0v) is 8.41. The summed E-state index contributed by atoms with van der Waals surface area (Å²) in [5.74, 6) is -0.136. The van der Waals surface area contributed by atoms with Gasteiger partial charge in [0.05, 0.1) is 5.52 Å². The Morgan fingerprint density at radius 3 is 3.13 bits per heavy atom. The summed E-state index contributed by atoms with van der Waals surface area (Å²) in [5.41, 5.74) is 8.10. The number of rotatable bonds is 0. The lowest BCUT2D eigenvalue weighted by Gasteiger charge is -2.21. The maximum absolute atomic E-state index is 13.5. The topological polar surface area (TPSA) is 30.9 Å². The SMILES string of the molecule is NC1CCc2cc3c(F)cccc3n2C1. The van der Waals surface area contributed by atoms with Crippen LogP contribution in [0.5, 0.6) is 0 Å². The van der Waals surface area contributed by atoms with Gasteiger partial charge in [0.1, 0.15) is 5.82 Å². The number of halogens is 1. The van der Waals surface area contributed by atoms with Crippen LogP contribution in [0.25, 0.3) is 10.9 Å². The van der Waals surface area contributed by atoms with Crippen molar-refractivity contribution in [1.82, 2.24) is 4.57 Å². The molecule has 15 heavy (non-hydrogen) atoms. The van der Waals surface area contributed by atoms with E-state index in [1.54, 1.807) is 6.07 Å². The van der Waals surface area contributed by atoms with Gasteiger partial charge in [0.2, 0.25) is 0 Å². The lowest BCUT2D eigenvalue weighted by Crippen LogP contribution is -2.31. The molecule has 0 radical (unpaired) electrons. The van der Waals surface area contributed by atoms with Gasteiger partial charge >= 0.3 is 0 Å². The Balaban J connectivity index is 2.29. The number of fused-ring (bicyclic) bond motifs is 3. The van der Waals surface area contributed by atoms with E-state index in [1.165, 1.54) is 11.8 Å². The van der Waals surface area contributed by atoms with Crippen molar-refractivity contribution in [1.29, 1.82) is 0 Å². The van der Waals surface area contributed by atoms with Crippen LogP contribution in [0.1, 0.15) is 12.1 Å². The maximum atomic E-state index is 13.5. The number of hydrogen-bond donors (Lipinski definition) is 1. The molecule has 3 rings (SSSR count). The van der Waals surface area contributed by atoms with Gasteiger partial charge in [-0.15, -0.1) is 0 Å². The third-order valence-corrected chi connectivity index (χ3v) is 3.17. The van der Waals surface area contributed by atoms with Crippen molar-refractivity contribution in [3.8, 4) is 0 Å². The first-order valence-electron chi connectivity index (χ1n) is 5.28. The molecule has 78 valence electrons. The number of benzene rings is 1. The van der Waals surface area contributed by atoms with Crippen molar-refractivity contribution in [2.24, 2.45) is 5.73 Å². The Morgan fingerprint density at radius 2 is 2.27 bits per heavy atom. The molecule has 3 heteroatoms. The predicted molar refractivity (Wildman–Crippen MR) is 58.2 cm³/mol. The quantitative estimate of drug-likeness (QED) is 0.699. The number of aromatic nitrogens is 1. The normalized spacial score (nSPS) is 20.5. The van der Waals surface area contributed by atoms with Gasteiger partial charge in [-0.2, -0.15) is 0 Å². The van der Waals surface area contributed by atoms with E-state index in [0.29, 0.717) is 0 Å². The fraction of sp³-hybridized carbons (Fsp3) is 0.333. The molecular weight excluding hydrogens is 191 g/mol. The zero-order valence-electron chi connectivity index (χ0n) is 8.41. The summed E-state index contributed by atoms with van der Waals surface area (Å²) in [6.07, 6.45) is 1.95. The highest BCUT2D eigenvalue weighted by Crippen LogP contribution is 2.26. The molecule has 1 aliphatic rings. The minimum absolute atomic E-state index is 0.136. The summed E-state index contributed by atoms with van der Waals surface area (Å²) in [5, 5.41) is 0.724. The molecule has 0 fully saturated rings. The van der Waals surface area contributed by atoms with Crippen LogP contribution >= 0.6 is 0 Å². The van der Waals surface area contributed by atoms with Crippen LogP contribution in [0.15, 0.2) is 24.3 Å². The van der Waals surface area contributed by atoms with Crippen LogP contribution in [0.3, 0.4) is 0 Å². The molecule has 2 heterocycles. The molecule has 2 nitrogen and oxygen atoms in total. The first kappa shape index (κ1) is 8.92. The van der Waals surface area contributed by atoms with Gasteiger partial charge in [0, 0.05) is 23.7 Å². The van der Waals surface area contributed by atoms with Crippen LogP contribution in [0.2, 0.25) is 0 Å². The fourth-order valence-electron chi connectivity index (χ4n) is 2.38.